The van der Waals surface area contributed by atoms with E-state index in [-0.39, 0.29) is 37.8 Å². The van der Waals surface area contributed by atoms with Gasteiger partial charge in [-0.3, -0.25) is 0 Å². The Hall–Kier alpha value is -1.80. The Bertz CT molecular complexity index is 486. The average molecular weight is 388 g/mol. The molecule has 3 atom stereocenters. The molecule has 0 N–H and O–H groups in total. The Morgan fingerprint density at radius 3 is 2.04 bits per heavy atom. The van der Waals surface area contributed by atoms with Crippen LogP contribution in [-0.2, 0) is 28.4 Å². The van der Waals surface area contributed by atoms with Crippen LogP contribution >= 0.6 is 0 Å². The summed E-state index contributed by atoms with van der Waals surface area (Å²) in [5.74, 6) is 0.386. The Morgan fingerprint density at radius 2 is 1.48 bits per heavy atom. The van der Waals surface area contributed by atoms with Crippen molar-refractivity contribution in [2.45, 2.75) is 66.1 Å². The molecule has 0 radical (unpaired) electrons. The minimum atomic E-state index is -0.808. The molecule has 0 aromatic carbocycles. The van der Waals surface area contributed by atoms with E-state index in [0.717, 1.165) is 0 Å². The quantitative estimate of drug-likeness (QED) is 0.436. The van der Waals surface area contributed by atoms with Crippen molar-refractivity contribution < 1.29 is 38.0 Å². The second-order valence-electron chi connectivity index (χ2n) is 7.42. The van der Waals surface area contributed by atoms with Crippen molar-refractivity contribution in [3.63, 3.8) is 0 Å². The first-order valence-electron chi connectivity index (χ1n) is 9.29. The molecule has 1 heterocycles. The fraction of sp³-hybridized carbons (Fsp3) is 0.789. The predicted octanol–water partition coefficient (Wildman–Crippen LogP) is 3.68. The van der Waals surface area contributed by atoms with Crippen molar-refractivity contribution in [2.75, 3.05) is 19.8 Å². The lowest BCUT2D eigenvalue weighted by Crippen LogP contribution is -2.43. The SMILES string of the molecule is CC(C)COC(=O)OC[C@H]1O[C@H](OC(C)C)C=C[C@@H]1OC(=O)OCC(C)C. The molecule has 0 bridgehead atoms. The van der Waals surface area contributed by atoms with Gasteiger partial charge in [-0.1, -0.05) is 27.7 Å². The molecule has 0 aromatic rings. The van der Waals surface area contributed by atoms with E-state index in [4.69, 9.17) is 28.4 Å². The van der Waals surface area contributed by atoms with Gasteiger partial charge in [-0.15, -0.1) is 0 Å². The highest BCUT2D eigenvalue weighted by Gasteiger charge is 2.33. The van der Waals surface area contributed by atoms with E-state index in [0.29, 0.717) is 0 Å². The molecule has 1 aliphatic heterocycles. The van der Waals surface area contributed by atoms with Gasteiger partial charge in [0.2, 0.25) is 0 Å². The minimum Gasteiger partial charge on any atom is -0.434 e. The van der Waals surface area contributed by atoms with E-state index in [1.54, 1.807) is 12.2 Å². The van der Waals surface area contributed by atoms with Crippen LogP contribution in [0.2, 0.25) is 0 Å². The molecule has 1 aliphatic rings. The van der Waals surface area contributed by atoms with Crippen LogP contribution in [0.15, 0.2) is 12.2 Å². The van der Waals surface area contributed by atoms with Gasteiger partial charge in [0.05, 0.1) is 19.3 Å². The number of carbonyl (C=O) groups excluding carboxylic acids is 2. The summed E-state index contributed by atoms with van der Waals surface area (Å²) in [5, 5.41) is 0. The third-order valence-corrected chi connectivity index (χ3v) is 3.21. The molecule has 0 unspecified atom stereocenters. The topological polar surface area (TPSA) is 89.5 Å². The van der Waals surface area contributed by atoms with Crippen molar-refractivity contribution in [1.29, 1.82) is 0 Å². The molecule has 8 heteroatoms. The molecule has 156 valence electrons. The maximum absolute atomic E-state index is 11.8. The number of ether oxygens (including phenoxy) is 6. The Balaban J connectivity index is 2.63. The normalized spacial score (nSPS) is 22.2. The summed E-state index contributed by atoms with van der Waals surface area (Å²) in [4.78, 5) is 23.5. The number of hydrogen-bond donors (Lipinski definition) is 0. The lowest BCUT2D eigenvalue weighted by molar-refractivity contribution is -0.196. The maximum atomic E-state index is 11.8. The number of hydrogen-bond acceptors (Lipinski definition) is 8. The third kappa shape index (κ3) is 10.2. The van der Waals surface area contributed by atoms with Gasteiger partial charge in [0.25, 0.3) is 0 Å². The molecule has 0 saturated heterocycles. The smallest absolute Gasteiger partial charge is 0.434 e. The second-order valence-corrected chi connectivity index (χ2v) is 7.42. The van der Waals surface area contributed by atoms with E-state index in [2.05, 4.69) is 0 Å². The zero-order chi connectivity index (χ0) is 20.4. The summed E-state index contributed by atoms with van der Waals surface area (Å²) >= 11 is 0. The highest BCUT2D eigenvalue weighted by molar-refractivity contribution is 5.61. The van der Waals surface area contributed by atoms with Crippen molar-refractivity contribution in [3.8, 4) is 0 Å². The number of carbonyl (C=O) groups is 2. The Morgan fingerprint density at radius 1 is 0.889 bits per heavy atom. The molecule has 0 fully saturated rings. The van der Waals surface area contributed by atoms with Gasteiger partial charge in [0.1, 0.15) is 12.7 Å². The summed E-state index contributed by atoms with van der Waals surface area (Å²) in [6.07, 6.45) is -0.523. The summed E-state index contributed by atoms with van der Waals surface area (Å²) in [7, 11) is 0. The first-order chi connectivity index (χ1) is 12.7. The molecule has 0 amide bonds. The van der Waals surface area contributed by atoms with Gasteiger partial charge >= 0.3 is 12.3 Å². The molecule has 8 nitrogen and oxygen atoms in total. The lowest BCUT2D eigenvalue weighted by atomic mass is 10.1. The maximum Gasteiger partial charge on any atom is 0.508 e. The Kier molecular flexibility index (Phi) is 10.2. The van der Waals surface area contributed by atoms with Crippen molar-refractivity contribution in [2.24, 2.45) is 11.8 Å². The van der Waals surface area contributed by atoms with E-state index >= 15 is 0 Å². The fourth-order valence-corrected chi connectivity index (χ4v) is 2.02. The molecule has 27 heavy (non-hydrogen) atoms. The van der Waals surface area contributed by atoms with Gasteiger partial charge < -0.3 is 28.4 Å². The molecular formula is C19H32O8. The van der Waals surface area contributed by atoms with Gasteiger partial charge in [-0.25, -0.2) is 9.59 Å². The molecule has 1 rings (SSSR count). The van der Waals surface area contributed by atoms with Crippen molar-refractivity contribution >= 4 is 12.3 Å². The average Bonchev–Trinajstić information content (AvgIpc) is 2.57. The largest absolute Gasteiger partial charge is 0.508 e. The third-order valence-electron chi connectivity index (χ3n) is 3.21. The molecule has 0 aromatic heterocycles. The minimum absolute atomic E-state index is 0.0642. The predicted molar refractivity (Wildman–Crippen MR) is 97.2 cm³/mol. The van der Waals surface area contributed by atoms with E-state index in [1.165, 1.54) is 0 Å². The molecule has 0 aliphatic carbocycles. The van der Waals surface area contributed by atoms with Gasteiger partial charge in [0, 0.05) is 0 Å². The van der Waals surface area contributed by atoms with Crippen LogP contribution in [-0.4, -0.2) is 56.7 Å². The summed E-state index contributed by atoms with van der Waals surface area (Å²) in [6, 6.07) is 0. The number of rotatable bonds is 9. The van der Waals surface area contributed by atoms with Gasteiger partial charge in [-0.05, 0) is 37.8 Å². The fourth-order valence-electron chi connectivity index (χ4n) is 2.02. The molecule has 0 saturated carbocycles. The standard InChI is InChI=1S/C19H32O8/c1-12(2)9-22-18(20)24-11-16-15(27-19(21)23-10-13(3)4)7-8-17(26-16)25-14(5)6/h7-8,12-17H,9-11H2,1-6H3/t15-,16+,17-/m0/s1. The monoisotopic (exact) mass is 388 g/mol. The first-order valence-corrected chi connectivity index (χ1v) is 9.29. The van der Waals surface area contributed by atoms with Crippen LogP contribution in [0.25, 0.3) is 0 Å². The second kappa shape index (κ2) is 11.8. The summed E-state index contributed by atoms with van der Waals surface area (Å²) < 4.78 is 31.7. The summed E-state index contributed by atoms with van der Waals surface area (Å²) in [5.41, 5.74) is 0. The first kappa shape index (κ1) is 23.2. The zero-order valence-corrected chi connectivity index (χ0v) is 17.0. The van der Waals surface area contributed by atoms with Crippen LogP contribution in [0.1, 0.15) is 41.5 Å². The van der Waals surface area contributed by atoms with Crippen LogP contribution < -0.4 is 0 Å². The van der Waals surface area contributed by atoms with Crippen LogP contribution in [0.3, 0.4) is 0 Å². The van der Waals surface area contributed by atoms with E-state index in [9.17, 15) is 9.59 Å². The highest BCUT2D eigenvalue weighted by atomic mass is 16.8. The van der Waals surface area contributed by atoms with Crippen molar-refractivity contribution in [3.05, 3.63) is 12.2 Å². The Labute approximate surface area is 161 Å². The van der Waals surface area contributed by atoms with Crippen molar-refractivity contribution in [1.82, 2.24) is 0 Å². The van der Waals surface area contributed by atoms with E-state index in [1.807, 2.05) is 41.5 Å². The van der Waals surface area contributed by atoms with Gasteiger partial charge in [0.15, 0.2) is 12.4 Å². The zero-order valence-electron chi connectivity index (χ0n) is 17.0. The molecular weight excluding hydrogens is 356 g/mol. The van der Waals surface area contributed by atoms with Crippen LogP contribution in [0.4, 0.5) is 9.59 Å². The molecule has 0 spiro atoms. The highest BCUT2D eigenvalue weighted by Crippen LogP contribution is 2.19. The van der Waals surface area contributed by atoms with Crippen LogP contribution in [0.5, 0.6) is 0 Å². The lowest BCUT2D eigenvalue weighted by Gasteiger charge is -2.31. The van der Waals surface area contributed by atoms with Gasteiger partial charge in [-0.2, -0.15) is 0 Å². The van der Waals surface area contributed by atoms with E-state index < -0.39 is 30.8 Å². The van der Waals surface area contributed by atoms with Crippen LogP contribution in [0, 0.1) is 11.8 Å². The summed E-state index contributed by atoms with van der Waals surface area (Å²) in [6.45, 7) is 11.8.